The number of hydrogen-bond acceptors (Lipinski definition) is 5. The van der Waals surface area contributed by atoms with Gasteiger partial charge in [0.1, 0.15) is 17.3 Å². The smallest absolute Gasteiger partial charge is 0.291 e. The molecule has 1 amide bonds. The molecule has 0 saturated heterocycles. The van der Waals surface area contributed by atoms with Gasteiger partial charge in [-0.15, -0.1) is 17.5 Å². The third kappa shape index (κ3) is 5.76. The molecule has 0 aliphatic carbocycles. The molecule has 2 aromatic rings. The van der Waals surface area contributed by atoms with Crippen LogP contribution in [0, 0.1) is 5.82 Å². The maximum atomic E-state index is 14.1. The summed E-state index contributed by atoms with van der Waals surface area (Å²) in [5, 5.41) is 10.1. The largest absolute Gasteiger partial charge is 0.383 e. The third-order valence-electron chi connectivity index (χ3n) is 3.50. The molecule has 0 aliphatic heterocycles. The van der Waals surface area contributed by atoms with Gasteiger partial charge in [0, 0.05) is 32.7 Å². The van der Waals surface area contributed by atoms with Crippen molar-refractivity contribution in [2.75, 3.05) is 33.4 Å². The standard InChI is InChI=1S/C17H24FN5O2.ClH/c1-12(2)16-21-15(17(24)20-9-8-19-10-11-25-3)22-23(16)14-7-5-4-6-13(14)18;/h4-7,12,19H,8-11H2,1-3H3,(H,20,24);1H. The van der Waals surface area contributed by atoms with Crippen molar-refractivity contribution in [1.82, 2.24) is 25.4 Å². The second kappa shape index (κ2) is 10.8. The highest BCUT2D eigenvalue weighted by molar-refractivity contribution is 5.90. The van der Waals surface area contributed by atoms with Crippen molar-refractivity contribution in [3.63, 3.8) is 0 Å². The highest BCUT2D eigenvalue weighted by Crippen LogP contribution is 2.19. The summed E-state index contributed by atoms with van der Waals surface area (Å²) in [4.78, 5) is 16.5. The lowest BCUT2D eigenvalue weighted by molar-refractivity contribution is 0.0943. The van der Waals surface area contributed by atoms with E-state index in [1.807, 2.05) is 13.8 Å². The second-order valence-electron chi connectivity index (χ2n) is 5.81. The van der Waals surface area contributed by atoms with E-state index in [1.54, 1.807) is 25.3 Å². The van der Waals surface area contributed by atoms with E-state index in [0.29, 0.717) is 32.1 Å². The van der Waals surface area contributed by atoms with E-state index < -0.39 is 5.82 Å². The topological polar surface area (TPSA) is 81.1 Å². The Morgan fingerprint density at radius 1 is 1.27 bits per heavy atom. The van der Waals surface area contributed by atoms with E-state index in [4.69, 9.17) is 4.74 Å². The molecule has 1 heterocycles. The van der Waals surface area contributed by atoms with Crippen LogP contribution in [0.4, 0.5) is 4.39 Å². The van der Waals surface area contributed by atoms with Gasteiger partial charge in [0.05, 0.1) is 6.61 Å². The fourth-order valence-corrected chi connectivity index (χ4v) is 2.24. The van der Waals surface area contributed by atoms with Crippen LogP contribution in [-0.2, 0) is 4.74 Å². The Kier molecular flexibility index (Phi) is 9.18. The number of rotatable bonds is 9. The summed E-state index contributed by atoms with van der Waals surface area (Å²) in [5.74, 6) is -0.240. The Balaban J connectivity index is 0.00000338. The molecule has 1 aromatic carbocycles. The van der Waals surface area contributed by atoms with Gasteiger partial charge in [-0.2, -0.15) is 0 Å². The maximum absolute atomic E-state index is 14.1. The first-order valence-corrected chi connectivity index (χ1v) is 8.24. The van der Waals surface area contributed by atoms with Gasteiger partial charge >= 0.3 is 0 Å². The summed E-state index contributed by atoms with van der Waals surface area (Å²) in [6.45, 7) is 6.21. The molecule has 144 valence electrons. The molecule has 0 atom stereocenters. The maximum Gasteiger partial charge on any atom is 0.291 e. The fourth-order valence-electron chi connectivity index (χ4n) is 2.24. The molecule has 0 radical (unpaired) electrons. The second-order valence-corrected chi connectivity index (χ2v) is 5.81. The van der Waals surface area contributed by atoms with Crippen LogP contribution in [0.15, 0.2) is 24.3 Å². The van der Waals surface area contributed by atoms with Crippen LogP contribution < -0.4 is 10.6 Å². The molecule has 26 heavy (non-hydrogen) atoms. The first-order chi connectivity index (χ1) is 12.0. The molecule has 0 saturated carbocycles. The monoisotopic (exact) mass is 385 g/mol. The summed E-state index contributed by atoms with van der Waals surface area (Å²) in [6, 6.07) is 6.29. The molecule has 2 N–H and O–H groups in total. The number of ether oxygens (including phenoxy) is 1. The zero-order valence-electron chi connectivity index (χ0n) is 15.2. The fraction of sp³-hybridized carbons (Fsp3) is 0.471. The molecule has 0 spiro atoms. The van der Waals surface area contributed by atoms with Crippen molar-refractivity contribution in [3.05, 3.63) is 41.7 Å². The highest BCUT2D eigenvalue weighted by atomic mass is 35.5. The van der Waals surface area contributed by atoms with Crippen LogP contribution >= 0.6 is 12.4 Å². The van der Waals surface area contributed by atoms with Crippen molar-refractivity contribution in [2.45, 2.75) is 19.8 Å². The van der Waals surface area contributed by atoms with Gasteiger partial charge in [-0.05, 0) is 12.1 Å². The number of amides is 1. The number of carbonyl (C=O) groups excluding carboxylic acids is 1. The van der Waals surface area contributed by atoms with E-state index in [2.05, 4.69) is 20.7 Å². The molecule has 0 aliphatic rings. The van der Waals surface area contributed by atoms with Crippen LogP contribution in [0.5, 0.6) is 0 Å². The van der Waals surface area contributed by atoms with Crippen LogP contribution in [0.25, 0.3) is 5.69 Å². The van der Waals surface area contributed by atoms with Gasteiger partial charge < -0.3 is 15.4 Å². The lowest BCUT2D eigenvalue weighted by Gasteiger charge is -2.08. The Bertz CT molecular complexity index is 708. The summed E-state index contributed by atoms with van der Waals surface area (Å²) in [7, 11) is 1.63. The molecular formula is C17H25ClFN5O2. The Labute approximate surface area is 158 Å². The number of nitrogens with zero attached hydrogens (tertiary/aromatic N) is 3. The molecule has 7 nitrogen and oxygen atoms in total. The molecule has 0 bridgehead atoms. The van der Waals surface area contributed by atoms with E-state index in [-0.39, 0.29) is 35.7 Å². The molecule has 9 heteroatoms. The molecular weight excluding hydrogens is 361 g/mol. The van der Waals surface area contributed by atoms with Gasteiger partial charge in [0.15, 0.2) is 0 Å². The van der Waals surface area contributed by atoms with Crippen molar-refractivity contribution in [1.29, 1.82) is 0 Å². The quantitative estimate of drug-likeness (QED) is 0.644. The number of benzene rings is 1. The van der Waals surface area contributed by atoms with Gasteiger partial charge in [-0.3, -0.25) is 4.79 Å². The summed E-state index contributed by atoms with van der Waals surface area (Å²) in [5.41, 5.74) is 0.277. The van der Waals surface area contributed by atoms with E-state index in [9.17, 15) is 9.18 Å². The zero-order valence-corrected chi connectivity index (χ0v) is 16.0. The predicted molar refractivity (Wildman–Crippen MR) is 99.7 cm³/mol. The predicted octanol–water partition coefficient (Wildman–Crippen LogP) is 1.92. The lowest BCUT2D eigenvalue weighted by atomic mass is 10.2. The molecule has 1 aromatic heterocycles. The van der Waals surface area contributed by atoms with Gasteiger partial charge in [-0.1, -0.05) is 26.0 Å². The summed E-state index contributed by atoms with van der Waals surface area (Å²) < 4.78 is 20.4. The number of aromatic nitrogens is 3. The van der Waals surface area contributed by atoms with Crippen LogP contribution in [0.3, 0.4) is 0 Å². The number of halogens is 2. The molecule has 2 rings (SSSR count). The number of para-hydroxylation sites is 1. The number of nitrogens with one attached hydrogen (secondary N) is 2. The minimum Gasteiger partial charge on any atom is -0.383 e. The van der Waals surface area contributed by atoms with E-state index >= 15 is 0 Å². The lowest BCUT2D eigenvalue weighted by Crippen LogP contribution is -2.33. The number of carbonyl (C=O) groups is 1. The van der Waals surface area contributed by atoms with Gasteiger partial charge in [0.2, 0.25) is 5.82 Å². The first-order valence-electron chi connectivity index (χ1n) is 8.24. The molecule has 0 fully saturated rings. The van der Waals surface area contributed by atoms with Crippen LogP contribution in [0.1, 0.15) is 36.2 Å². The average Bonchev–Trinajstić information content (AvgIpc) is 3.03. The average molecular weight is 386 g/mol. The van der Waals surface area contributed by atoms with Crippen molar-refractivity contribution in [3.8, 4) is 5.69 Å². The normalized spacial score (nSPS) is 10.7. The third-order valence-corrected chi connectivity index (χ3v) is 3.50. The summed E-state index contributed by atoms with van der Waals surface area (Å²) in [6.07, 6.45) is 0. The number of methoxy groups -OCH3 is 1. The Morgan fingerprint density at radius 2 is 2.00 bits per heavy atom. The minimum absolute atomic E-state index is 0. The molecule has 0 unspecified atom stereocenters. The zero-order chi connectivity index (χ0) is 18.2. The van der Waals surface area contributed by atoms with Crippen molar-refractivity contribution < 1.29 is 13.9 Å². The first kappa shape index (κ1) is 22.0. The minimum atomic E-state index is -0.413. The Morgan fingerprint density at radius 3 is 2.65 bits per heavy atom. The van der Waals surface area contributed by atoms with Crippen molar-refractivity contribution in [2.24, 2.45) is 0 Å². The van der Waals surface area contributed by atoms with E-state index in [0.717, 1.165) is 0 Å². The SMILES string of the molecule is COCCNCCNC(=O)c1nc(C(C)C)n(-c2ccccc2F)n1.Cl. The van der Waals surface area contributed by atoms with Crippen LogP contribution in [0.2, 0.25) is 0 Å². The highest BCUT2D eigenvalue weighted by Gasteiger charge is 2.20. The Hall–Kier alpha value is -2.03. The number of hydrogen-bond donors (Lipinski definition) is 2. The van der Waals surface area contributed by atoms with Gasteiger partial charge in [0.25, 0.3) is 5.91 Å². The van der Waals surface area contributed by atoms with Crippen LogP contribution in [-0.4, -0.2) is 54.0 Å². The van der Waals surface area contributed by atoms with E-state index in [1.165, 1.54) is 10.7 Å². The van der Waals surface area contributed by atoms with Crippen molar-refractivity contribution >= 4 is 18.3 Å². The summed E-state index contributed by atoms with van der Waals surface area (Å²) >= 11 is 0. The van der Waals surface area contributed by atoms with Gasteiger partial charge in [-0.25, -0.2) is 14.1 Å².